The first kappa shape index (κ1) is 28.2. The summed E-state index contributed by atoms with van der Waals surface area (Å²) >= 11 is 0.990. The lowest BCUT2D eigenvalue weighted by Crippen LogP contribution is -2.39. The number of pyridine rings is 1. The van der Waals surface area contributed by atoms with Crippen molar-refractivity contribution in [1.29, 1.82) is 0 Å². The molecule has 4 aromatic rings. The predicted octanol–water partition coefficient (Wildman–Crippen LogP) is 3.54. The van der Waals surface area contributed by atoms with Crippen molar-refractivity contribution < 1.29 is 23.5 Å². The lowest BCUT2D eigenvalue weighted by Gasteiger charge is -2.26. The number of ether oxygens (including phenoxy) is 1. The van der Waals surface area contributed by atoms with Crippen LogP contribution >= 0.6 is 11.3 Å². The molecule has 1 atom stereocenters. The van der Waals surface area contributed by atoms with E-state index < -0.39 is 17.8 Å². The number of carbonyl (C=O) groups is 3. The van der Waals surface area contributed by atoms with Crippen molar-refractivity contribution in [3.63, 3.8) is 0 Å². The highest BCUT2D eigenvalue weighted by molar-refractivity contribution is 7.18. The molecule has 0 aliphatic carbocycles. The maximum atomic E-state index is 13.5. The number of primary amides is 1. The molecule has 4 N–H and O–H groups in total. The van der Waals surface area contributed by atoms with Crippen LogP contribution in [0.5, 0.6) is 5.75 Å². The molecule has 2 amide bonds. The topological polar surface area (TPSA) is 145 Å². The number of hydrogen-bond acceptors (Lipinski definition) is 9. The lowest BCUT2D eigenvalue weighted by atomic mass is 10.1. The fourth-order valence-corrected chi connectivity index (χ4v) is 4.81. The summed E-state index contributed by atoms with van der Waals surface area (Å²) in [5.74, 6) is -1.29. The summed E-state index contributed by atoms with van der Waals surface area (Å²) in [6.07, 6.45) is 3.36. The SMILES string of the molecule is CC(C(N)=O)N(c1ccc(F)cc1)c1nc(N)c(C(=O)c2ccc(OCC(=O)N(C)Cc3cccnc3)cc2)s1. The molecule has 0 aliphatic heterocycles. The van der Waals surface area contributed by atoms with Crippen molar-refractivity contribution >= 4 is 45.6 Å². The minimum absolute atomic E-state index is 0.0173. The quantitative estimate of drug-likeness (QED) is 0.264. The maximum absolute atomic E-state index is 13.5. The lowest BCUT2D eigenvalue weighted by molar-refractivity contribution is -0.132. The van der Waals surface area contributed by atoms with E-state index in [-0.39, 0.29) is 34.1 Å². The number of amides is 2. The van der Waals surface area contributed by atoms with Crippen LogP contribution in [0.2, 0.25) is 0 Å². The number of rotatable bonds is 11. The number of halogens is 1. The molecule has 0 aliphatic rings. The zero-order valence-electron chi connectivity index (χ0n) is 21.8. The standard InChI is InChI=1S/C28H27FN6O4S/c1-17(27(31)38)35(21-9-7-20(29)8-10-21)28-33-26(30)25(40-28)24(37)19-5-11-22(12-6-19)39-16-23(36)34(2)15-18-4-3-13-32-14-18/h3-14,17H,15-16,30H2,1-2H3,(H2,31,38). The van der Waals surface area contributed by atoms with Gasteiger partial charge in [0.25, 0.3) is 5.91 Å². The molecule has 2 aromatic carbocycles. The number of hydrogen-bond donors (Lipinski definition) is 2. The average molecular weight is 563 g/mol. The first-order valence-electron chi connectivity index (χ1n) is 12.1. The summed E-state index contributed by atoms with van der Waals surface area (Å²) in [5, 5.41) is 0.257. The summed E-state index contributed by atoms with van der Waals surface area (Å²) in [6, 6.07) is 14.6. The van der Waals surface area contributed by atoms with Crippen molar-refractivity contribution in [3.05, 3.63) is 94.9 Å². The van der Waals surface area contributed by atoms with Gasteiger partial charge in [0, 0.05) is 37.2 Å². The van der Waals surface area contributed by atoms with E-state index in [2.05, 4.69) is 9.97 Å². The molecule has 10 nitrogen and oxygen atoms in total. The van der Waals surface area contributed by atoms with E-state index in [4.69, 9.17) is 16.2 Å². The maximum Gasteiger partial charge on any atom is 0.260 e. The Morgan fingerprint density at radius 2 is 1.77 bits per heavy atom. The Morgan fingerprint density at radius 1 is 1.07 bits per heavy atom. The molecule has 2 aromatic heterocycles. The first-order chi connectivity index (χ1) is 19.1. The van der Waals surface area contributed by atoms with Gasteiger partial charge in [-0.3, -0.25) is 19.4 Å². The number of ketones is 1. The van der Waals surface area contributed by atoms with Crippen LogP contribution in [-0.4, -0.2) is 52.2 Å². The highest BCUT2D eigenvalue weighted by Crippen LogP contribution is 2.36. The van der Waals surface area contributed by atoms with E-state index in [0.29, 0.717) is 23.5 Å². The van der Waals surface area contributed by atoms with Crippen LogP contribution in [0.1, 0.15) is 27.7 Å². The molecule has 0 saturated heterocycles. The smallest absolute Gasteiger partial charge is 0.260 e. The molecule has 0 saturated carbocycles. The van der Waals surface area contributed by atoms with Crippen LogP contribution in [0, 0.1) is 5.82 Å². The van der Waals surface area contributed by atoms with Gasteiger partial charge in [-0.25, -0.2) is 9.37 Å². The number of thiazole rings is 1. The van der Waals surface area contributed by atoms with Gasteiger partial charge in [-0.2, -0.15) is 0 Å². The minimum atomic E-state index is -0.846. The monoisotopic (exact) mass is 562 g/mol. The summed E-state index contributed by atoms with van der Waals surface area (Å²) in [4.78, 5) is 49.2. The van der Waals surface area contributed by atoms with Gasteiger partial charge >= 0.3 is 0 Å². The molecule has 0 spiro atoms. The van der Waals surface area contributed by atoms with E-state index in [1.807, 2.05) is 6.07 Å². The van der Waals surface area contributed by atoms with Crippen molar-refractivity contribution in [2.75, 3.05) is 24.3 Å². The van der Waals surface area contributed by atoms with E-state index in [0.717, 1.165) is 16.9 Å². The number of carbonyl (C=O) groups excluding carboxylic acids is 3. The molecule has 40 heavy (non-hydrogen) atoms. The number of nitrogen functional groups attached to an aromatic ring is 1. The summed E-state index contributed by atoms with van der Waals surface area (Å²) < 4.78 is 19.1. The summed E-state index contributed by atoms with van der Waals surface area (Å²) in [7, 11) is 1.68. The van der Waals surface area contributed by atoms with Crippen molar-refractivity contribution in [1.82, 2.24) is 14.9 Å². The zero-order valence-corrected chi connectivity index (χ0v) is 22.6. The van der Waals surface area contributed by atoms with Crippen molar-refractivity contribution in [2.45, 2.75) is 19.5 Å². The number of likely N-dealkylation sites (N-methyl/N-ethyl adjacent to an activating group) is 1. The minimum Gasteiger partial charge on any atom is -0.484 e. The zero-order chi connectivity index (χ0) is 28.8. The number of anilines is 3. The first-order valence-corrected chi connectivity index (χ1v) is 13.0. The molecule has 4 rings (SSSR count). The highest BCUT2D eigenvalue weighted by atomic mass is 32.1. The van der Waals surface area contributed by atoms with E-state index in [1.165, 1.54) is 34.1 Å². The van der Waals surface area contributed by atoms with Crippen LogP contribution in [0.25, 0.3) is 0 Å². The second-order valence-electron chi connectivity index (χ2n) is 8.89. The molecule has 1 unspecified atom stereocenters. The molecule has 0 fully saturated rings. The number of aromatic nitrogens is 2. The second kappa shape index (κ2) is 12.3. The third kappa shape index (κ3) is 6.59. The van der Waals surface area contributed by atoms with Crippen LogP contribution in [0.4, 0.5) is 21.0 Å². The Balaban J connectivity index is 1.45. The molecule has 0 bridgehead atoms. The molecule has 206 valence electrons. The number of benzene rings is 2. The Bertz CT molecular complexity index is 1500. The number of nitrogens with zero attached hydrogens (tertiary/aromatic N) is 4. The fraction of sp³-hybridized carbons (Fsp3) is 0.179. The normalized spacial score (nSPS) is 11.5. The summed E-state index contributed by atoms with van der Waals surface area (Å²) in [6.45, 7) is 1.80. The van der Waals surface area contributed by atoms with Gasteiger partial charge in [0.15, 0.2) is 11.7 Å². The van der Waals surface area contributed by atoms with Gasteiger partial charge in [-0.1, -0.05) is 17.4 Å². The summed E-state index contributed by atoms with van der Waals surface area (Å²) in [5.41, 5.74) is 13.3. The van der Waals surface area contributed by atoms with E-state index in [9.17, 15) is 18.8 Å². The van der Waals surface area contributed by atoms with Crippen LogP contribution in [0.3, 0.4) is 0 Å². The Kier molecular flexibility index (Phi) is 8.70. The van der Waals surface area contributed by atoms with Crippen LogP contribution < -0.4 is 21.1 Å². The molecule has 12 heteroatoms. The van der Waals surface area contributed by atoms with Gasteiger partial charge in [-0.15, -0.1) is 0 Å². The highest BCUT2D eigenvalue weighted by Gasteiger charge is 2.27. The van der Waals surface area contributed by atoms with Gasteiger partial charge < -0.3 is 26.0 Å². The largest absolute Gasteiger partial charge is 0.484 e. The Morgan fingerprint density at radius 3 is 2.40 bits per heavy atom. The number of nitrogens with two attached hydrogens (primary N) is 2. The Labute approximate surface area is 234 Å². The van der Waals surface area contributed by atoms with E-state index in [1.54, 1.807) is 56.7 Å². The second-order valence-corrected chi connectivity index (χ2v) is 9.87. The third-order valence-electron chi connectivity index (χ3n) is 6.01. The fourth-order valence-electron chi connectivity index (χ4n) is 3.76. The van der Waals surface area contributed by atoms with Crippen molar-refractivity contribution in [2.24, 2.45) is 5.73 Å². The van der Waals surface area contributed by atoms with Gasteiger partial charge in [0.05, 0.1) is 0 Å². The van der Waals surface area contributed by atoms with Gasteiger partial charge in [0.2, 0.25) is 11.7 Å². The predicted molar refractivity (Wildman–Crippen MR) is 150 cm³/mol. The van der Waals surface area contributed by atoms with Gasteiger partial charge in [0.1, 0.15) is 28.3 Å². The Hall–Kier alpha value is -4.84. The molecular weight excluding hydrogens is 535 g/mol. The molecular formula is C28H27FN6O4S. The average Bonchev–Trinajstić information content (AvgIpc) is 3.33. The van der Waals surface area contributed by atoms with Gasteiger partial charge in [-0.05, 0) is 67.1 Å². The van der Waals surface area contributed by atoms with Crippen molar-refractivity contribution in [3.8, 4) is 5.75 Å². The molecule has 0 radical (unpaired) electrons. The molecule has 2 heterocycles. The van der Waals surface area contributed by atoms with Crippen LogP contribution in [-0.2, 0) is 16.1 Å². The van der Waals surface area contributed by atoms with E-state index >= 15 is 0 Å². The van der Waals surface area contributed by atoms with Crippen LogP contribution in [0.15, 0.2) is 73.1 Å². The third-order valence-corrected chi connectivity index (χ3v) is 7.07.